The highest BCUT2D eigenvalue weighted by Crippen LogP contribution is 2.26. The molecule has 5 nitrogen and oxygen atoms in total. The Balaban J connectivity index is 1.53. The summed E-state index contributed by atoms with van der Waals surface area (Å²) in [5, 5.41) is 7.50. The molecule has 0 fully saturated rings. The van der Waals surface area contributed by atoms with Gasteiger partial charge in [-0.1, -0.05) is 36.7 Å². The number of amides is 1. The number of ether oxygens (including phenoxy) is 1. The molecule has 0 saturated heterocycles. The Morgan fingerprint density at radius 3 is 2.81 bits per heavy atom. The Hall–Kier alpha value is -2.66. The van der Waals surface area contributed by atoms with E-state index in [1.54, 1.807) is 12.1 Å². The molecule has 3 aromatic rings. The lowest BCUT2D eigenvalue weighted by molar-refractivity contribution is 0.161. The first kappa shape index (κ1) is 18.1. The van der Waals surface area contributed by atoms with Crippen LogP contribution in [0.25, 0.3) is 11.0 Å². The third-order valence-electron chi connectivity index (χ3n) is 3.82. The van der Waals surface area contributed by atoms with E-state index in [0.717, 1.165) is 35.3 Å². The van der Waals surface area contributed by atoms with Gasteiger partial charge in [0, 0.05) is 24.0 Å². The van der Waals surface area contributed by atoms with Crippen molar-refractivity contribution in [3.8, 4) is 0 Å². The van der Waals surface area contributed by atoms with E-state index in [1.807, 2.05) is 37.3 Å². The van der Waals surface area contributed by atoms with Gasteiger partial charge in [0.25, 0.3) is 0 Å². The number of halogens is 1. The first-order valence-corrected chi connectivity index (χ1v) is 8.98. The molecule has 3 rings (SSSR count). The molecule has 0 aliphatic carbocycles. The second-order valence-electron chi connectivity index (χ2n) is 5.88. The normalized spacial score (nSPS) is 10.7. The maximum absolute atomic E-state index is 11.6. The van der Waals surface area contributed by atoms with Crippen molar-refractivity contribution in [2.75, 3.05) is 23.8 Å². The van der Waals surface area contributed by atoms with Crippen molar-refractivity contribution in [2.24, 2.45) is 0 Å². The molecule has 0 spiro atoms. The largest absolute Gasteiger partial charge is 0.461 e. The lowest BCUT2D eigenvalue weighted by Gasteiger charge is -2.10. The van der Waals surface area contributed by atoms with Crippen molar-refractivity contribution in [3.63, 3.8) is 0 Å². The van der Waals surface area contributed by atoms with E-state index < -0.39 is 6.09 Å². The molecule has 0 aliphatic heterocycles. The SMILES string of the molecule is CCCOC(=O)Nc1ccc(NCCc2cc3ccccc3o2)cc1Cl. The van der Waals surface area contributed by atoms with Gasteiger partial charge in [0.15, 0.2) is 0 Å². The molecule has 136 valence electrons. The zero-order valence-corrected chi connectivity index (χ0v) is 15.3. The van der Waals surface area contributed by atoms with Crippen molar-refractivity contribution >= 4 is 40.0 Å². The molecule has 0 atom stereocenters. The van der Waals surface area contributed by atoms with Crippen molar-refractivity contribution in [1.82, 2.24) is 0 Å². The number of anilines is 2. The molecule has 2 N–H and O–H groups in total. The van der Waals surface area contributed by atoms with Gasteiger partial charge in [0.1, 0.15) is 11.3 Å². The van der Waals surface area contributed by atoms with Crippen LogP contribution in [0.15, 0.2) is 52.9 Å². The number of rotatable bonds is 7. The number of furan rings is 1. The van der Waals surface area contributed by atoms with E-state index in [4.69, 9.17) is 20.8 Å². The van der Waals surface area contributed by atoms with Gasteiger partial charge in [-0.05, 0) is 36.8 Å². The van der Waals surface area contributed by atoms with Crippen molar-refractivity contribution in [3.05, 3.63) is 59.3 Å². The molecule has 0 saturated carbocycles. The van der Waals surface area contributed by atoms with Gasteiger partial charge in [-0.15, -0.1) is 0 Å². The molecule has 1 heterocycles. The van der Waals surface area contributed by atoms with E-state index >= 15 is 0 Å². The van der Waals surface area contributed by atoms with E-state index in [2.05, 4.69) is 16.7 Å². The van der Waals surface area contributed by atoms with Crippen LogP contribution in [0.1, 0.15) is 19.1 Å². The van der Waals surface area contributed by atoms with Gasteiger partial charge in [-0.3, -0.25) is 5.32 Å². The Bertz CT molecular complexity index is 859. The molecule has 1 amide bonds. The monoisotopic (exact) mass is 372 g/mol. The fraction of sp³-hybridized carbons (Fsp3) is 0.250. The summed E-state index contributed by atoms with van der Waals surface area (Å²) in [6.07, 6.45) is 1.03. The molecule has 0 aliphatic rings. The molecule has 0 bridgehead atoms. The average molecular weight is 373 g/mol. The average Bonchev–Trinajstić information content (AvgIpc) is 3.05. The second kappa shape index (κ2) is 8.63. The number of carbonyl (C=O) groups is 1. The first-order valence-electron chi connectivity index (χ1n) is 8.60. The Morgan fingerprint density at radius 1 is 1.19 bits per heavy atom. The number of benzene rings is 2. The summed E-state index contributed by atoms with van der Waals surface area (Å²) in [6.45, 7) is 3.03. The minimum atomic E-state index is -0.501. The summed E-state index contributed by atoms with van der Waals surface area (Å²) in [4.78, 5) is 11.6. The maximum atomic E-state index is 11.6. The summed E-state index contributed by atoms with van der Waals surface area (Å²) in [5.41, 5.74) is 2.30. The molecule has 0 radical (unpaired) electrons. The van der Waals surface area contributed by atoms with Gasteiger partial charge >= 0.3 is 6.09 Å². The van der Waals surface area contributed by atoms with Gasteiger partial charge in [0.05, 0.1) is 17.3 Å². The van der Waals surface area contributed by atoms with Crippen LogP contribution in [0.5, 0.6) is 0 Å². The number of nitrogens with one attached hydrogen (secondary N) is 2. The lowest BCUT2D eigenvalue weighted by atomic mass is 10.2. The summed E-state index contributed by atoms with van der Waals surface area (Å²) in [5.74, 6) is 0.932. The van der Waals surface area contributed by atoms with Crippen LogP contribution in [-0.4, -0.2) is 19.2 Å². The van der Waals surface area contributed by atoms with Crippen LogP contribution < -0.4 is 10.6 Å². The quantitative estimate of drug-likeness (QED) is 0.558. The van der Waals surface area contributed by atoms with E-state index in [1.165, 1.54) is 0 Å². The summed E-state index contributed by atoms with van der Waals surface area (Å²) in [7, 11) is 0. The van der Waals surface area contributed by atoms with E-state index in [9.17, 15) is 4.79 Å². The van der Waals surface area contributed by atoms with Crippen LogP contribution in [0.4, 0.5) is 16.2 Å². The molecular weight excluding hydrogens is 352 g/mol. The van der Waals surface area contributed by atoms with Crippen LogP contribution in [0.2, 0.25) is 5.02 Å². The fourth-order valence-corrected chi connectivity index (χ4v) is 2.79. The Labute approximate surface area is 157 Å². The number of para-hydroxylation sites is 1. The van der Waals surface area contributed by atoms with Crippen molar-refractivity contribution in [2.45, 2.75) is 19.8 Å². The topological polar surface area (TPSA) is 63.5 Å². The highest BCUT2D eigenvalue weighted by molar-refractivity contribution is 6.33. The van der Waals surface area contributed by atoms with Gasteiger partial charge in [-0.2, -0.15) is 0 Å². The number of hydrogen-bond acceptors (Lipinski definition) is 4. The summed E-state index contributed by atoms with van der Waals surface area (Å²) >= 11 is 6.23. The minimum Gasteiger partial charge on any atom is -0.461 e. The molecule has 0 unspecified atom stereocenters. The Kier molecular flexibility index (Phi) is 6.02. The van der Waals surface area contributed by atoms with Gasteiger partial charge < -0.3 is 14.5 Å². The van der Waals surface area contributed by atoms with Gasteiger partial charge in [0.2, 0.25) is 0 Å². The van der Waals surface area contributed by atoms with Crippen LogP contribution in [-0.2, 0) is 11.2 Å². The second-order valence-corrected chi connectivity index (χ2v) is 6.29. The first-order chi connectivity index (χ1) is 12.7. The molecule has 2 aromatic carbocycles. The lowest BCUT2D eigenvalue weighted by Crippen LogP contribution is -2.14. The highest BCUT2D eigenvalue weighted by Gasteiger charge is 2.08. The number of hydrogen-bond donors (Lipinski definition) is 2. The van der Waals surface area contributed by atoms with E-state index in [-0.39, 0.29) is 0 Å². The third kappa shape index (κ3) is 4.70. The molecule has 1 aromatic heterocycles. The predicted molar refractivity (Wildman–Crippen MR) is 105 cm³/mol. The van der Waals surface area contributed by atoms with Crippen LogP contribution >= 0.6 is 11.6 Å². The van der Waals surface area contributed by atoms with E-state index in [0.29, 0.717) is 23.9 Å². The van der Waals surface area contributed by atoms with Crippen LogP contribution in [0.3, 0.4) is 0 Å². The number of carbonyl (C=O) groups excluding carboxylic acids is 1. The molecule has 26 heavy (non-hydrogen) atoms. The predicted octanol–water partition coefficient (Wildman–Crippen LogP) is 5.70. The van der Waals surface area contributed by atoms with Crippen LogP contribution in [0, 0.1) is 0 Å². The molecular formula is C20H21ClN2O3. The van der Waals surface area contributed by atoms with Gasteiger partial charge in [-0.25, -0.2) is 4.79 Å². The fourth-order valence-electron chi connectivity index (χ4n) is 2.56. The highest BCUT2D eigenvalue weighted by atomic mass is 35.5. The maximum Gasteiger partial charge on any atom is 0.411 e. The minimum absolute atomic E-state index is 0.380. The van der Waals surface area contributed by atoms with Crippen molar-refractivity contribution in [1.29, 1.82) is 0 Å². The third-order valence-corrected chi connectivity index (χ3v) is 4.13. The zero-order chi connectivity index (χ0) is 18.4. The smallest absolute Gasteiger partial charge is 0.411 e. The molecule has 6 heteroatoms. The zero-order valence-electron chi connectivity index (χ0n) is 14.5. The summed E-state index contributed by atoms with van der Waals surface area (Å²) in [6, 6.07) is 15.4. The Morgan fingerprint density at radius 2 is 2.04 bits per heavy atom. The standard InChI is InChI=1S/C20H21ClN2O3/c1-2-11-25-20(24)23-18-8-7-15(13-17(18)21)22-10-9-16-12-14-5-3-4-6-19(14)26-16/h3-8,12-13,22H,2,9-11H2,1H3,(H,23,24). The van der Waals surface area contributed by atoms with Crippen molar-refractivity contribution < 1.29 is 13.9 Å². The number of fused-ring (bicyclic) bond motifs is 1. The summed E-state index contributed by atoms with van der Waals surface area (Å²) < 4.78 is 10.8.